The molecule has 108 valence electrons. The molecule has 20 heavy (non-hydrogen) atoms. The van der Waals surface area contributed by atoms with Crippen molar-refractivity contribution in [3.63, 3.8) is 0 Å². The first-order valence-electron chi connectivity index (χ1n) is 7.07. The number of H-pyrrole nitrogens is 1. The van der Waals surface area contributed by atoms with Gasteiger partial charge in [-0.2, -0.15) is 0 Å². The van der Waals surface area contributed by atoms with Crippen LogP contribution < -0.4 is 5.32 Å². The summed E-state index contributed by atoms with van der Waals surface area (Å²) in [5, 5.41) is 4.01. The number of hydrogen-bond donors (Lipinski definition) is 2. The van der Waals surface area contributed by atoms with Crippen molar-refractivity contribution >= 4 is 16.8 Å². The van der Waals surface area contributed by atoms with Crippen LogP contribution in [0.5, 0.6) is 0 Å². The summed E-state index contributed by atoms with van der Waals surface area (Å²) in [5.74, 6) is -0.0604. The maximum absolute atomic E-state index is 12.1. The highest BCUT2D eigenvalue weighted by Crippen LogP contribution is 2.21. The van der Waals surface area contributed by atoms with Crippen LogP contribution in [-0.4, -0.2) is 30.6 Å². The summed E-state index contributed by atoms with van der Waals surface area (Å²) in [6.07, 6.45) is 0.831. The fourth-order valence-corrected chi connectivity index (χ4v) is 2.34. The fourth-order valence-electron chi connectivity index (χ4n) is 2.34. The van der Waals surface area contributed by atoms with Gasteiger partial charge in [-0.15, -0.1) is 0 Å². The molecule has 0 atom stereocenters. The Bertz CT molecular complexity index is 602. The minimum atomic E-state index is -0.0604. The minimum Gasteiger partial charge on any atom is -0.382 e. The van der Waals surface area contributed by atoms with Gasteiger partial charge in [0.05, 0.1) is 0 Å². The largest absolute Gasteiger partial charge is 0.382 e. The van der Waals surface area contributed by atoms with Crippen LogP contribution in [0.4, 0.5) is 0 Å². The predicted molar refractivity (Wildman–Crippen MR) is 81.2 cm³/mol. The summed E-state index contributed by atoms with van der Waals surface area (Å²) in [7, 11) is 0. The van der Waals surface area contributed by atoms with E-state index in [4.69, 9.17) is 4.74 Å². The molecule has 0 bridgehead atoms. The predicted octanol–water partition coefficient (Wildman–Crippen LogP) is 2.94. The van der Waals surface area contributed by atoms with E-state index in [1.807, 2.05) is 13.0 Å². The smallest absolute Gasteiger partial charge is 0.267 e. The van der Waals surface area contributed by atoms with Gasteiger partial charge in [0.15, 0.2) is 0 Å². The molecule has 0 unspecified atom stereocenters. The second kappa shape index (κ2) is 6.57. The van der Waals surface area contributed by atoms with Gasteiger partial charge in [-0.05, 0) is 50.5 Å². The molecule has 1 aromatic carbocycles. The Labute approximate surface area is 119 Å². The lowest BCUT2D eigenvalue weighted by molar-refractivity contribution is 0.0940. The topological polar surface area (TPSA) is 54.1 Å². The molecule has 1 aromatic heterocycles. The summed E-state index contributed by atoms with van der Waals surface area (Å²) in [4.78, 5) is 15.2. The first-order valence-corrected chi connectivity index (χ1v) is 7.07. The molecule has 0 saturated heterocycles. The summed E-state index contributed by atoms with van der Waals surface area (Å²) in [5.41, 5.74) is 4.01. The van der Waals surface area contributed by atoms with E-state index in [0.717, 1.165) is 17.3 Å². The van der Waals surface area contributed by atoms with E-state index in [9.17, 15) is 4.79 Å². The monoisotopic (exact) mass is 274 g/mol. The average molecular weight is 274 g/mol. The van der Waals surface area contributed by atoms with Gasteiger partial charge in [0.1, 0.15) is 5.69 Å². The summed E-state index contributed by atoms with van der Waals surface area (Å²) in [6.45, 7) is 8.11. The molecule has 0 aliphatic carbocycles. The van der Waals surface area contributed by atoms with E-state index in [1.165, 1.54) is 11.1 Å². The van der Waals surface area contributed by atoms with Crippen molar-refractivity contribution in [1.29, 1.82) is 0 Å². The number of carbonyl (C=O) groups excluding carboxylic acids is 1. The third-order valence-electron chi connectivity index (χ3n) is 3.29. The lowest BCUT2D eigenvalue weighted by Gasteiger charge is -2.03. The quantitative estimate of drug-likeness (QED) is 0.796. The Morgan fingerprint density at radius 3 is 2.85 bits per heavy atom. The Morgan fingerprint density at radius 2 is 2.10 bits per heavy atom. The number of ether oxygens (including phenoxy) is 1. The van der Waals surface area contributed by atoms with Crippen LogP contribution in [0.25, 0.3) is 10.9 Å². The van der Waals surface area contributed by atoms with Crippen LogP contribution in [0.3, 0.4) is 0 Å². The number of aryl methyl sites for hydroxylation is 2. The maximum Gasteiger partial charge on any atom is 0.267 e. The first-order chi connectivity index (χ1) is 9.61. The molecule has 4 nitrogen and oxygen atoms in total. The number of benzene rings is 1. The highest BCUT2D eigenvalue weighted by molar-refractivity contribution is 5.98. The van der Waals surface area contributed by atoms with Gasteiger partial charge in [0.25, 0.3) is 5.91 Å². The number of rotatable bonds is 6. The molecule has 2 N–H and O–H groups in total. The molecule has 0 aliphatic rings. The minimum absolute atomic E-state index is 0.0604. The van der Waals surface area contributed by atoms with E-state index < -0.39 is 0 Å². The van der Waals surface area contributed by atoms with Gasteiger partial charge in [0, 0.05) is 30.7 Å². The van der Waals surface area contributed by atoms with Crippen LogP contribution in [0.2, 0.25) is 0 Å². The van der Waals surface area contributed by atoms with Gasteiger partial charge >= 0.3 is 0 Å². The molecule has 1 heterocycles. The summed E-state index contributed by atoms with van der Waals surface area (Å²) >= 11 is 0. The second-order valence-corrected chi connectivity index (χ2v) is 5.03. The SMILES string of the molecule is CCOCCCNC(=O)c1cc2c(C)cc(C)cc2[nH]1. The zero-order valence-corrected chi connectivity index (χ0v) is 12.4. The van der Waals surface area contributed by atoms with Crippen LogP contribution >= 0.6 is 0 Å². The Kier molecular flexibility index (Phi) is 4.79. The van der Waals surface area contributed by atoms with E-state index >= 15 is 0 Å². The van der Waals surface area contributed by atoms with Gasteiger partial charge in [-0.1, -0.05) is 6.07 Å². The van der Waals surface area contributed by atoms with Crippen LogP contribution in [0.15, 0.2) is 18.2 Å². The standard InChI is InChI=1S/C16H22N2O2/c1-4-20-7-5-6-17-16(19)15-10-13-12(3)8-11(2)9-14(13)18-15/h8-10,18H,4-7H2,1-3H3,(H,17,19). The van der Waals surface area contributed by atoms with E-state index in [-0.39, 0.29) is 5.91 Å². The van der Waals surface area contributed by atoms with Crippen LogP contribution in [0, 0.1) is 13.8 Å². The Balaban J connectivity index is 2.02. The molecule has 4 heteroatoms. The van der Waals surface area contributed by atoms with E-state index in [0.29, 0.717) is 25.5 Å². The van der Waals surface area contributed by atoms with Gasteiger partial charge in [-0.25, -0.2) is 0 Å². The molecular formula is C16H22N2O2. The van der Waals surface area contributed by atoms with E-state index in [2.05, 4.69) is 36.3 Å². The normalized spacial score (nSPS) is 10.9. The highest BCUT2D eigenvalue weighted by atomic mass is 16.5. The number of carbonyl (C=O) groups is 1. The molecule has 0 saturated carbocycles. The van der Waals surface area contributed by atoms with Gasteiger partial charge in [-0.3, -0.25) is 4.79 Å². The molecule has 0 aliphatic heterocycles. The van der Waals surface area contributed by atoms with Crippen molar-refractivity contribution in [3.05, 3.63) is 35.0 Å². The third kappa shape index (κ3) is 3.39. The molecular weight excluding hydrogens is 252 g/mol. The van der Waals surface area contributed by atoms with Crippen molar-refractivity contribution in [1.82, 2.24) is 10.3 Å². The number of nitrogens with one attached hydrogen (secondary N) is 2. The third-order valence-corrected chi connectivity index (χ3v) is 3.29. The van der Waals surface area contributed by atoms with Crippen LogP contribution in [0.1, 0.15) is 35.0 Å². The molecule has 0 fully saturated rings. The highest BCUT2D eigenvalue weighted by Gasteiger charge is 2.10. The number of aromatic amines is 1. The van der Waals surface area contributed by atoms with E-state index in [1.54, 1.807) is 0 Å². The fraction of sp³-hybridized carbons (Fsp3) is 0.438. The lowest BCUT2D eigenvalue weighted by atomic mass is 10.1. The number of amides is 1. The van der Waals surface area contributed by atoms with Crippen molar-refractivity contribution in [2.75, 3.05) is 19.8 Å². The van der Waals surface area contributed by atoms with Crippen molar-refractivity contribution in [2.24, 2.45) is 0 Å². The zero-order chi connectivity index (χ0) is 14.5. The second-order valence-electron chi connectivity index (χ2n) is 5.03. The zero-order valence-electron chi connectivity index (χ0n) is 12.4. The number of hydrogen-bond acceptors (Lipinski definition) is 2. The Hall–Kier alpha value is -1.81. The molecule has 2 aromatic rings. The summed E-state index contributed by atoms with van der Waals surface area (Å²) in [6, 6.07) is 6.11. The van der Waals surface area contributed by atoms with Crippen molar-refractivity contribution in [3.8, 4) is 0 Å². The molecule has 2 rings (SSSR count). The van der Waals surface area contributed by atoms with Gasteiger partial charge in [0.2, 0.25) is 0 Å². The lowest BCUT2D eigenvalue weighted by Crippen LogP contribution is -2.25. The molecule has 0 radical (unpaired) electrons. The van der Waals surface area contributed by atoms with Crippen molar-refractivity contribution in [2.45, 2.75) is 27.2 Å². The molecule has 1 amide bonds. The summed E-state index contributed by atoms with van der Waals surface area (Å²) < 4.78 is 5.24. The average Bonchev–Trinajstić information content (AvgIpc) is 2.82. The number of aromatic nitrogens is 1. The number of fused-ring (bicyclic) bond motifs is 1. The Morgan fingerprint density at radius 1 is 1.30 bits per heavy atom. The van der Waals surface area contributed by atoms with Crippen molar-refractivity contribution < 1.29 is 9.53 Å². The molecule has 0 spiro atoms. The van der Waals surface area contributed by atoms with Crippen LogP contribution in [-0.2, 0) is 4.74 Å². The first kappa shape index (κ1) is 14.6. The maximum atomic E-state index is 12.1. The van der Waals surface area contributed by atoms with Gasteiger partial charge < -0.3 is 15.0 Å².